The first kappa shape index (κ1) is 86.4. The third kappa shape index (κ3) is 42.0. The van der Waals surface area contributed by atoms with E-state index in [0.29, 0.717) is 35.1 Å². The molecule has 0 aliphatic carbocycles. The van der Waals surface area contributed by atoms with E-state index in [1.54, 1.807) is 55.4 Å². The van der Waals surface area contributed by atoms with Crippen molar-refractivity contribution in [2.75, 3.05) is 0 Å². The molecular formula is C60H90Cl6O8Ti2. The average Bonchev–Trinajstić information content (AvgIpc) is 3.14. The fraction of sp³-hybridized carbons (Fsp3) is 0.600. The molecule has 0 bridgehead atoms. The molecule has 0 amide bonds. The molecule has 0 fully saturated rings. The summed E-state index contributed by atoms with van der Waals surface area (Å²) in [6.07, 6.45) is -0.875. The maximum absolute atomic E-state index is 12.9. The molecule has 0 spiro atoms. The van der Waals surface area contributed by atoms with Gasteiger partial charge in [0.15, 0.2) is 8.59 Å². The van der Waals surface area contributed by atoms with Gasteiger partial charge >= 0.3 is 43.4 Å². The van der Waals surface area contributed by atoms with Crippen molar-refractivity contribution >= 4 is 69.6 Å². The second kappa shape index (κ2) is 40.3. The zero-order chi connectivity index (χ0) is 59.8. The van der Waals surface area contributed by atoms with Gasteiger partial charge in [-0.3, -0.25) is 0 Å². The Kier molecular flexibility index (Phi) is 45.8. The topological polar surface area (TPSA) is 184 Å². The number of benzene rings is 4. The molecule has 0 aliphatic heterocycles. The molecule has 428 valence electrons. The Balaban J connectivity index is -0.000000222. The second-order valence-corrected chi connectivity index (χ2v) is 27.2. The minimum atomic E-state index is -0.750. The van der Waals surface area contributed by atoms with Crippen LogP contribution in [0.15, 0.2) is 48.5 Å². The summed E-state index contributed by atoms with van der Waals surface area (Å²) < 4.78 is -1.50. The van der Waals surface area contributed by atoms with Crippen molar-refractivity contribution in [1.82, 2.24) is 0 Å². The van der Waals surface area contributed by atoms with Gasteiger partial charge in [0.1, 0.15) is 0 Å². The largest absolute Gasteiger partial charge is 4.00 e. The van der Waals surface area contributed by atoms with Crippen LogP contribution in [0, 0.1) is 27.7 Å². The summed E-state index contributed by atoms with van der Waals surface area (Å²) in [5.74, 6) is 0.264. The van der Waals surface area contributed by atoms with E-state index in [0.717, 1.165) is 44.5 Å². The third-order valence-electron chi connectivity index (χ3n) is 9.23. The minimum absolute atomic E-state index is 0. The SMILES string of the molecule is CC(C)[O-].CC(C)[O-].CC(C)[O-].CC(C)[O-].Cc1cc(Cc2cc(C)cc(C(C)(C)C)c2[O-])c([O-])c(C(C)(C)C)c1.Cc1cc(Cc2cc(C)cc(C(C)(C)C)c2[O-])c([O-])c(C(C)(C)C)c1.ClC(Cl)Cl.ClC(Cl)Cl.[Ti+4].[Ti+4]. The van der Waals surface area contributed by atoms with Crippen molar-refractivity contribution in [1.29, 1.82) is 0 Å². The van der Waals surface area contributed by atoms with E-state index in [1.165, 1.54) is 0 Å². The Labute approximate surface area is 521 Å². The fourth-order valence-corrected chi connectivity index (χ4v) is 6.56. The van der Waals surface area contributed by atoms with E-state index in [1.807, 2.05) is 76.2 Å². The van der Waals surface area contributed by atoms with Crippen LogP contribution in [-0.2, 0) is 77.9 Å². The molecule has 0 atom stereocenters. The maximum atomic E-state index is 12.9. The van der Waals surface area contributed by atoms with Gasteiger partial charge in [-0.1, -0.05) is 301 Å². The van der Waals surface area contributed by atoms with E-state index in [2.05, 4.69) is 83.1 Å². The van der Waals surface area contributed by atoms with Crippen LogP contribution >= 0.6 is 69.6 Å². The Morgan fingerprint density at radius 1 is 0.316 bits per heavy atom. The summed E-state index contributed by atoms with van der Waals surface area (Å²) in [5, 5.41) is 89.9. The summed E-state index contributed by atoms with van der Waals surface area (Å²) in [6.45, 7) is 45.5. The van der Waals surface area contributed by atoms with Crippen LogP contribution in [0.5, 0.6) is 23.0 Å². The fourth-order valence-electron chi connectivity index (χ4n) is 6.56. The summed E-state index contributed by atoms with van der Waals surface area (Å²) >= 11 is 28.8. The van der Waals surface area contributed by atoms with Crippen LogP contribution in [0.2, 0.25) is 0 Å². The van der Waals surface area contributed by atoms with Crippen LogP contribution in [0.25, 0.3) is 0 Å². The number of hydrogen-bond donors (Lipinski definition) is 0. The summed E-state index contributed by atoms with van der Waals surface area (Å²) in [7, 11) is 0. The van der Waals surface area contributed by atoms with Crippen molar-refractivity contribution in [3.63, 3.8) is 0 Å². The number of rotatable bonds is 4. The predicted molar refractivity (Wildman–Crippen MR) is 306 cm³/mol. The molecule has 8 nitrogen and oxygen atoms in total. The molecule has 4 rings (SSSR count). The number of alkyl halides is 6. The Bertz CT molecular complexity index is 1870. The first-order valence-corrected chi connectivity index (χ1v) is 27.3. The molecule has 76 heavy (non-hydrogen) atoms. The number of halogens is 6. The van der Waals surface area contributed by atoms with Gasteiger partial charge < -0.3 is 40.9 Å². The van der Waals surface area contributed by atoms with Crippen LogP contribution < -0.4 is 40.9 Å². The third-order valence-corrected chi connectivity index (χ3v) is 9.23. The van der Waals surface area contributed by atoms with Gasteiger partial charge in [-0.2, -0.15) is 0 Å². The quantitative estimate of drug-likeness (QED) is 0.143. The Hall–Kier alpha value is -0.911. The maximum Gasteiger partial charge on any atom is 4.00 e. The first-order chi connectivity index (χ1) is 33.0. The molecule has 0 saturated carbocycles. The van der Waals surface area contributed by atoms with E-state index in [9.17, 15) is 40.9 Å². The van der Waals surface area contributed by atoms with Gasteiger partial charge in [0.2, 0.25) is 0 Å². The molecule has 0 aromatic heterocycles. The van der Waals surface area contributed by atoms with Crippen LogP contribution in [-0.4, -0.2) is 33.0 Å². The Morgan fingerprint density at radius 3 is 0.513 bits per heavy atom. The Morgan fingerprint density at radius 2 is 0.421 bits per heavy atom. The van der Waals surface area contributed by atoms with E-state index in [4.69, 9.17) is 69.6 Å². The van der Waals surface area contributed by atoms with Gasteiger partial charge in [-0.25, -0.2) is 0 Å². The molecule has 0 radical (unpaired) electrons. The normalized spacial score (nSPS) is 11.1. The van der Waals surface area contributed by atoms with Gasteiger partial charge in [0, 0.05) is 0 Å². The zero-order valence-electron chi connectivity index (χ0n) is 50.0. The van der Waals surface area contributed by atoms with Gasteiger partial charge in [-0.05, 0) is 84.5 Å². The summed E-state index contributed by atoms with van der Waals surface area (Å²) in [6, 6.07) is 15.6. The van der Waals surface area contributed by atoms with Crippen molar-refractivity contribution < 1.29 is 84.3 Å². The molecule has 0 N–H and O–H groups in total. The van der Waals surface area contributed by atoms with E-state index >= 15 is 0 Å². The van der Waals surface area contributed by atoms with Gasteiger partial charge in [0.25, 0.3) is 0 Å². The summed E-state index contributed by atoms with van der Waals surface area (Å²) in [5.41, 5.74) is 9.57. The summed E-state index contributed by atoms with van der Waals surface area (Å²) in [4.78, 5) is 0. The monoisotopic (exact) mass is 1240 g/mol. The molecule has 4 aromatic carbocycles. The van der Waals surface area contributed by atoms with Crippen LogP contribution in [0.4, 0.5) is 0 Å². The minimum Gasteiger partial charge on any atom is -0.872 e. The molecule has 0 unspecified atom stereocenters. The standard InChI is InChI=1S/2C23H32O2.4C3H7O.2CHCl3.2Ti/c2*1-14-9-16(20(24)18(11-14)22(3,4)5)13-17-10-15(2)12-19(21(17)25)23(6,7)8;4*1-3(2)4;2*2-1(3)4;;/h2*9-12,24-25H,13H2,1-8H3;4*3H,1-2H3;2*1H;;/q;;4*-1;;;2*+4/p-4. The number of aryl methyl sites for hydroxylation is 4. The van der Waals surface area contributed by atoms with Crippen molar-refractivity contribution in [3.8, 4) is 23.0 Å². The van der Waals surface area contributed by atoms with Gasteiger partial charge in [-0.15, -0.1) is 47.4 Å². The van der Waals surface area contributed by atoms with Crippen molar-refractivity contribution in [2.45, 2.75) is 234 Å². The molecule has 4 aromatic rings. The van der Waals surface area contributed by atoms with Crippen molar-refractivity contribution in [3.05, 3.63) is 115 Å². The van der Waals surface area contributed by atoms with Crippen LogP contribution in [0.3, 0.4) is 0 Å². The van der Waals surface area contributed by atoms with E-state index in [-0.39, 0.29) is 88.1 Å². The zero-order valence-corrected chi connectivity index (χ0v) is 57.7. The average molecular weight is 1250 g/mol. The van der Waals surface area contributed by atoms with Gasteiger partial charge in [0.05, 0.1) is 0 Å². The number of hydrogen-bond acceptors (Lipinski definition) is 8. The molecular weight excluding hydrogens is 1160 g/mol. The molecule has 0 saturated heterocycles. The molecule has 16 heteroatoms. The molecule has 0 heterocycles. The smallest absolute Gasteiger partial charge is 0.872 e. The van der Waals surface area contributed by atoms with E-state index < -0.39 is 33.0 Å². The first-order valence-electron chi connectivity index (χ1n) is 24.7. The second-order valence-electron chi connectivity index (χ2n) is 23.2. The van der Waals surface area contributed by atoms with Crippen molar-refractivity contribution in [2.24, 2.45) is 0 Å². The predicted octanol–water partition coefficient (Wildman–Crippen LogP) is 12.3. The molecule has 0 aliphatic rings. The van der Waals surface area contributed by atoms with Crippen LogP contribution in [0.1, 0.15) is 205 Å².